The van der Waals surface area contributed by atoms with Gasteiger partial charge in [-0.25, -0.2) is 4.39 Å². The summed E-state index contributed by atoms with van der Waals surface area (Å²) >= 11 is 0. The molecule has 1 aliphatic rings. The van der Waals surface area contributed by atoms with E-state index in [-0.39, 0.29) is 17.9 Å². The molecule has 0 saturated carbocycles. The number of hydrogen-bond acceptors (Lipinski definition) is 5. The topological polar surface area (TPSA) is 70.1 Å². The molecule has 0 bridgehead atoms. The maximum Gasteiger partial charge on any atom is 0.295 e. The number of ether oxygens (including phenoxy) is 1. The van der Waals surface area contributed by atoms with Crippen LogP contribution in [0.3, 0.4) is 0 Å². The van der Waals surface area contributed by atoms with Crippen LogP contribution in [-0.2, 0) is 9.59 Å². The summed E-state index contributed by atoms with van der Waals surface area (Å²) in [5.74, 6) is -1.49. The van der Waals surface area contributed by atoms with E-state index in [1.165, 1.54) is 29.2 Å². The molecule has 7 heteroatoms. The first kappa shape index (κ1) is 21.5. The Balaban J connectivity index is 2.16. The standard InChI is InChI=1S/C23H25FN2O4/c1-14-13-17(30-4)9-10-18(14)21(27)19-20(15-5-7-16(24)8-6-15)26(12-11-25(2)3)23(29)22(19)28/h5-10,13,20,27H,11-12H2,1-4H3/b21-19+. The summed E-state index contributed by atoms with van der Waals surface area (Å²) in [5.41, 5.74) is 1.69. The van der Waals surface area contributed by atoms with E-state index in [1.54, 1.807) is 32.2 Å². The number of hydrogen-bond donors (Lipinski definition) is 1. The molecule has 1 amide bonds. The van der Waals surface area contributed by atoms with Crippen molar-refractivity contribution >= 4 is 17.4 Å². The zero-order valence-corrected chi connectivity index (χ0v) is 17.5. The van der Waals surface area contributed by atoms with Gasteiger partial charge in [0.15, 0.2) is 0 Å². The van der Waals surface area contributed by atoms with Crippen LogP contribution < -0.4 is 4.74 Å². The number of methoxy groups -OCH3 is 1. The molecule has 3 rings (SSSR count). The van der Waals surface area contributed by atoms with Crippen LogP contribution in [0.15, 0.2) is 48.0 Å². The van der Waals surface area contributed by atoms with Crippen molar-refractivity contribution in [3.05, 3.63) is 70.5 Å². The van der Waals surface area contributed by atoms with Crippen LogP contribution >= 0.6 is 0 Å². The molecule has 0 spiro atoms. The number of aliphatic hydroxyl groups is 1. The Hall–Kier alpha value is -3.19. The monoisotopic (exact) mass is 412 g/mol. The molecule has 0 aliphatic carbocycles. The number of likely N-dealkylation sites (tertiary alicyclic amines) is 1. The van der Waals surface area contributed by atoms with Crippen molar-refractivity contribution in [1.29, 1.82) is 0 Å². The first-order valence-corrected chi connectivity index (χ1v) is 9.58. The van der Waals surface area contributed by atoms with Gasteiger partial charge in [0.05, 0.1) is 18.7 Å². The fraction of sp³-hybridized carbons (Fsp3) is 0.304. The fourth-order valence-corrected chi connectivity index (χ4v) is 3.58. The highest BCUT2D eigenvalue weighted by atomic mass is 19.1. The second-order valence-corrected chi connectivity index (χ2v) is 7.53. The second kappa shape index (κ2) is 8.67. The Morgan fingerprint density at radius 3 is 2.40 bits per heavy atom. The number of aliphatic hydroxyl groups excluding tert-OH is 1. The molecule has 1 aliphatic heterocycles. The Morgan fingerprint density at radius 1 is 1.17 bits per heavy atom. The third kappa shape index (κ3) is 4.07. The van der Waals surface area contributed by atoms with Gasteiger partial charge in [0.1, 0.15) is 17.3 Å². The highest BCUT2D eigenvalue weighted by molar-refractivity contribution is 6.46. The fourth-order valence-electron chi connectivity index (χ4n) is 3.58. The molecule has 0 radical (unpaired) electrons. The van der Waals surface area contributed by atoms with Gasteiger partial charge in [-0.1, -0.05) is 12.1 Å². The van der Waals surface area contributed by atoms with Gasteiger partial charge in [0.2, 0.25) is 0 Å². The van der Waals surface area contributed by atoms with E-state index in [9.17, 15) is 19.1 Å². The van der Waals surface area contributed by atoms with Gasteiger partial charge >= 0.3 is 0 Å². The van der Waals surface area contributed by atoms with Gasteiger partial charge in [-0.15, -0.1) is 0 Å². The summed E-state index contributed by atoms with van der Waals surface area (Å²) in [6, 6.07) is 9.89. The molecule has 1 atom stereocenters. The van der Waals surface area contributed by atoms with Crippen LogP contribution in [0, 0.1) is 12.7 Å². The van der Waals surface area contributed by atoms with Crippen LogP contribution in [0.1, 0.15) is 22.7 Å². The van der Waals surface area contributed by atoms with Gasteiger partial charge in [-0.2, -0.15) is 0 Å². The summed E-state index contributed by atoms with van der Waals surface area (Å²) in [5, 5.41) is 11.1. The Morgan fingerprint density at radius 2 is 1.83 bits per heavy atom. The number of likely N-dealkylation sites (N-methyl/N-ethyl adjacent to an activating group) is 1. The van der Waals surface area contributed by atoms with Crippen LogP contribution in [-0.4, -0.2) is 60.9 Å². The molecule has 2 aromatic rings. The van der Waals surface area contributed by atoms with Crippen molar-refractivity contribution in [3.63, 3.8) is 0 Å². The minimum absolute atomic E-state index is 0.00127. The summed E-state index contributed by atoms with van der Waals surface area (Å²) in [6.45, 7) is 2.61. The summed E-state index contributed by atoms with van der Waals surface area (Å²) in [7, 11) is 5.27. The van der Waals surface area contributed by atoms with Crippen LogP contribution in [0.5, 0.6) is 5.75 Å². The number of Topliss-reactive ketones (excluding diaryl/α,β-unsaturated/α-hetero) is 1. The number of ketones is 1. The molecule has 1 heterocycles. The number of benzene rings is 2. The number of aryl methyl sites for hydroxylation is 1. The number of rotatable bonds is 6. The average Bonchev–Trinajstić information content (AvgIpc) is 2.96. The van der Waals surface area contributed by atoms with E-state index in [1.807, 2.05) is 19.0 Å². The van der Waals surface area contributed by atoms with Crippen LogP contribution in [0.2, 0.25) is 0 Å². The van der Waals surface area contributed by atoms with Crippen LogP contribution in [0.4, 0.5) is 4.39 Å². The van der Waals surface area contributed by atoms with Crippen molar-refractivity contribution in [3.8, 4) is 5.75 Å². The van der Waals surface area contributed by atoms with Crippen molar-refractivity contribution in [2.75, 3.05) is 34.3 Å². The molecule has 1 saturated heterocycles. The minimum atomic E-state index is -0.799. The SMILES string of the molecule is COc1ccc(/C(O)=C2\C(=O)C(=O)N(CCN(C)C)C2c2ccc(F)cc2)c(C)c1. The zero-order chi connectivity index (χ0) is 22.0. The molecule has 1 fully saturated rings. The largest absolute Gasteiger partial charge is 0.507 e. The lowest BCUT2D eigenvalue weighted by molar-refractivity contribution is -0.140. The van der Waals surface area contributed by atoms with E-state index in [0.717, 1.165) is 0 Å². The highest BCUT2D eigenvalue weighted by Gasteiger charge is 2.46. The van der Waals surface area contributed by atoms with Gasteiger partial charge in [-0.3, -0.25) is 9.59 Å². The lowest BCUT2D eigenvalue weighted by Gasteiger charge is -2.26. The molecule has 30 heavy (non-hydrogen) atoms. The Labute approximate surface area is 175 Å². The van der Waals surface area contributed by atoms with Crippen molar-refractivity contribution in [2.24, 2.45) is 0 Å². The van der Waals surface area contributed by atoms with E-state index in [4.69, 9.17) is 4.74 Å². The lowest BCUT2D eigenvalue weighted by Crippen LogP contribution is -2.35. The summed E-state index contributed by atoms with van der Waals surface area (Å²) in [4.78, 5) is 29.1. The van der Waals surface area contributed by atoms with Gasteiger partial charge in [0.25, 0.3) is 11.7 Å². The van der Waals surface area contributed by atoms with E-state index < -0.39 is 23.5 Å². The number of carbonyl (C=O) groups is 2. The Bertz CT molecular complexity index is 999. The smallest absolute Gasteiger partial charge is 0.295 e. The lowest BCUT2D eigenvalue weighted by atomic mass is 9.94. The molecule has 2 aromatic carbocycles. The molecule has 1 N–H and O–H groups in total. The minimum Gasteiger partial charge on any atom is -0.507 e. The molecule has 0 aromatic heterocycles. The third-order valence-electron chi connectivity index (χ3n) is 5.20. The average molecular weight is 412 g/mol. The highest BCUT2D eigenvalue weighted by Crippen LogP contribution is 2.40. The Kier molecular flexibility index (Phi) is 6.22. The predicted molar refractivity (Wildman–Crippen MR) is 112 cm³/mol. The van der Waals surface area contributed by atoms with Gasteiger partial charge < -0.3 is 19.6 Å². The molecule has 158 valence electrons. The number of nitrogens with zero attached hydrogens (tertiary/aromatic N) is 2. The maximum absolute atomic E-state index is 13.5. The van der Waals surface area contributed by atoms with E-state index >= 15 is 0 Å². The molecule has 6 nitrogen and oxygen atoms in total. The third-order valence-corrected chi connectivity index (χ3v) is 5.20. The van der Waals surface area contributed by atoms with Crippen molar-refractivity contribution < 1.29 is 23.8 Å². The van der Waals surface area contributed by atoms with Gasteiger partial charge in [0, 0.05) is 18.7 Å². The van der Waals surface area contributed by atoms with E-state index in [2.05, 4.69) is 0 Å². The van der Waals surface area contributed by atoms with Crippen molar-refractivity contribution in [2.45, 2.75) is 13.0 Å². The molecule has 1 unspecified atom stereocenters. The summed E-state index contributed by atoms with van der Waals surface area (Å²) in [6.07, 6.45) is 0. The molecular formula is C23H25FN2O4. The van der Waals surface area contributed by atoms with Crippen LogP contribution in [0.25, 0.3) is 5.76 Å². The quantitative estimate of drug-likeness (QED) is 0.449. The first-order valence-electron chi connectivity index (χ1n) is 9.58. The second-order valence-electron chi connectivity index (χ2n) is 7.53. The maximum atomic E-state index is 13.5. The normalized spacial score (nSPS) is 18.3. The molecular weight excluding hydrogens is 387 g/mol. The predicted octanol–water partition coefficient (Wildman–Crippen LogP) is 3.13. The van der Waals surface area contributed by atoms with Crippen molar-refractivity contribution in [1.82, 2.24) is 9.80 Å². The zero-order valence-electron chi connectivity index (χ0n) is 17.5. The van der Waals surface area contributed by atoms with Gasteiger partial charge in [-0.05, 0) is 62.5 Å². The first-order chi connectivity index (χ1) is 14.2. The number of halogens is 1. The van der Waals surface area contributed by atoms with E-state index in [0.29, 0.717) is 29.0 Å². The number of carbonyl (C=O) groups excluding carboxylic acids is 2. The summed E-state index contributed by atoms with van der Waals surface area (Å²) < 4.78 is 18.7. The number of amides is 1.